The monoisotopic (exact) mass is 328 g/mol. The molecule has 0 heterocycles. The Hall–Kier alpha value is -2.07. The number of fused-ring (bicyclic) bond motifs is 1. The van der Waals surface area contributed by atoms with Crippen LogP contribution in [-0.4, -0.2) is 37.1 Å². The Bertz CT molecular complexity index is 706. The highest BCUT2D eigenvalue weighted by Gasteiger charge is 2.24. The van der Waals surface area contributed by atoms with Crippen LogP contribution in [0.3, 0.4) is 0 Å². The van der Waals surface area contributed by atoms with Crippen molar-refractivity contribution >= 4 is 22.4 Å². The lowest BCUT2D eigenvalue weighted by Gasteiger charge is -2.30. The Balaban J connectivity index is 2.12. The van der Waals surface area contributed by atoms with E-state index in [0.29, 0.717) is 17.9 Å². The molecule has 2 aromatic carbocycles. The number of anilines is 1. The van der Waals surface area contributed by atoms with Crippen molar-refractivity contribution in [1.82, 2.24) is 4.90 Å². The van der Waals surface area contributed by atoms with Crippen molar-refractivity contribution < 1.29 is 9.53 Å². The van der Waals surface area contributed by atoms with Gasteiger partial charge in [-0.1, -0.05) is 52.0 Å². The smallest absolute Gasteiger partial charge is 0.338 e. The van der Waals surface area contributed by atoms with Crippen molar-refractivity contribution in [3.05, 3.63) is 42.0 Å². The quantitative estimate of drug-likeness (QED) is 0.618. The van der Waals surface area contributed by atoms with Crippen molar-refractivity contribution in [2.45, 2.75) is 27.7 Å². The van der Waals surface area contributed by atoms with Crippen LogP contribution in [0.25, 0.3) is 10.8 Å². The minimum Gasteiger partial charge on any atom is -0.461 e. The minimum atomic E-state index is -0.293. The number of nitrogen functional groups attached to an aromatic ring is 1. The molecule has 0 aromatic heterocycles. The molecule has 24 heavy (non-hydrogen) atoms. The van der Waals surface area contributed by atoms with E-state index in [1.807, 2.05) is 24.3 Å². The Morgan fingerprint density at radius 2 is 1.71 bits per heavy atom. The topological polar surface area (TPSA) is 55.6 Å². The van der Waals surface area contributed by atoms with Gasteiger partial charge in [0.05, 0.1) is 12.2 Å². The SMILES string of the molecule is CCN(CC)CC(C)(C)COC(=O)c1ccc(N)c2ccccc12. The summed E-state index contributed by atoms with van der Waals surface area (Å²) in [5.41, 5.74) is 7.14. The van der Waals surface area contributed by atoms with Gasteiger partial charge in [0, 0.05) is 23.0 Å². The molecule has 0 aliphatic carbocycles. The average molecular weight is 328 g/mol. The van der Waals surface area contributed by atoms with Gasteiger partial charge < -0.3 is 15.4 Å². The first kappa shape index (κ1) is 18.3. The highest BCUT2D eigenvalue weighted by atomic mass is 16.5. The van der Waals surface area contributed by atoms with E-state index in [4.69, 9.17) is 10.5 Å². The largest absolute Gasteiger partial charge is 0.461 e. The van der Waals surface area contributed by atoms with E-state index in [0.717, 1.165) is 30.4 Å². The van der Waals surface area contributed by atoms with Gasteiger partial charge in [0.2, 0.25) is 0 Å². The second-order valence-electron chi connectivity index (χ2n) is 6.95. The molecule has 4 nitrogen and oxygen atoms in total. The molecule has 2 N–H and O–H groups in total. The fourth-order valence-corrected chi connectivity index (χ4v) is 2.94. The fraction of sp³-hybridized carbons (Fsp3) is 0.450. The fourth-order valence-electron chi connectivity index (χ4n) is 2.94. The number of carbonyl (C=O) groups is 1. The van der Waals surface area contributed by atoms with E-state index < -0.39 is 0 Å². The van der Waals surface area contributed by atoms with E-state index in [1.54, 1.807) is 12.1 Å². The van der Waals surface area contributed by atoms with Crippen LogP contribution in [0, 0.1) is 5.41 Å². The van der Waals surface area contributed by atoms with Gasteiger partial charge in [-0.15, -0.1) is 0 Å². The number of nitrogens with two attached hydrogens (primary N) is 1. The Morgan fingerprint density at radius 1 is 1.08 bits per heavy atom. The lowest BCUT2D eigenvalue weighted by atomic mass is 9.94. The molecule has 2 rings (SSSR count). The lowest BCUT2D eigenvalue weighted by Crippen LogP contribution is -2.37. The molecule has 0 spiro atoms. The number of nitrogens with zero attached hydrogens (tertiary/aromatic N) is 1. The van der Waals surface area contributed by atoms with Crippen molar-refractivity contribution in [1.29, 1.82) is 0 Å². The maximum atomic E-state index is 12.6. The van der Waals surface area contributed by atoms with Crippen molar-refractivity contribution in [2.75, 3.05) is 32.0 Å². The molecular formula is C20H28N2O2. The number of hydrogen-bond donors (Lipinski definition) is 1. The van der Waals surface area contributed by atoms with Crippen LogP contribution in [0.4, 0.5) is 5.69 Å². The summed E-state index contributed by atoms with van der Waals surface area (Å²) < 4.78 is 5.62. The third-order valence-corrected chi connectivity index (χ3v) is 4.32. The van der Waals surface area contributed by atoms with Gasteiger partial charge in [0.25, 0.3) is 0 Å². The van der Waals surface area contributed by atoms with Gasteiger partial charge in [-0.25, -0.2) is 4.79 Å². The Kier molecular flexibility index (Phi) is 5.84. The zero-order valence-electron chi connectivity index (χ0n) is 15.1. The summed E-state index contributed by atoms with van der Waals surface area (Å²) in [5.74, 6) is -0.293. The number of ether oxygens (including phenoxy) is 1. The highest BCUT2D eigenvalue weighted by Crippen LogP contribution is 2.26. The second kappa shape index (κ2) is 7.67. The van der Waals surface area contributed by atoms with Crippen LogP contribution >= 0.6 is 0 Å². The molecule has 0 saturated heterocycles. The third kappa shape index (κ3) is 4.26. The molecule has 0 radical (unpaired) electrons. The molecule has 130 valence electrons. The lowest BCUT2D eigenvalue weighted by molar-refractivity contribution is 0.0276. The predicted octanol–water partition coefficient (Wildman–Crippen LogP) is 3.95. The number of carbonyl (C=O) groups excluding carboxylic acids is 1. The van der Waals surface area contributed by atoms with Crippen LogP contribution in [-0.2, 0) is 4.74 Å². The third-order valence-electron chi connectivity index (χ3n) is 4.32. The highest BCUT2D eigenvalue weighted by molar-refractivity contribution is 6.07. The van der Waals surface area contributed by atoms with E-state index in [-0.39, 0.29) is 11.4 Å². The number of hydrogen-bond acceptors (Lipinski definition) is 4. The van der Waals surface area contributed by atoms with E-state index in [9.17, 15) is 4.79 Å². The van der Waals surface area contributed by atoms with E-state index >= 15 is 0 Å². The minimum absolute atomic E-state index is 0.0920. The normalized spacial score (nSPS) is 11.9. The Morgan fingerprint density at radius 3 is 2.33 bits per heavy atom. The zero-order chi connectivity index (χ0) is 17.7. The summed E-state index contributed by atoms with van der Waals surface area (Å²) >= 11 is 0. The molecule has 0 saturated carbocycles. The van der Waals surface area contributed by atoms with Crippen LogP contribution in [0.1, 0.15) is 38.1 Å². The maximum absolute atomic E-state index is 12.6. The molecule has 0 amide bonds. The van der Waals surface area contributed by atoms with E-state index in [2.05, 4.69) is 32.6 Å². The molecule has 4 heteroatoms. The van der Waals surface area contributed by atoms with Gasteiger partial charge in [0.15, 0.2) is 0 Å². The molecule has 0 atom stereocenters. The average Bonchev–Trinajstić information content (AvgIpc) is 2.58. The number of esters is 1. The van der Waals surface area contributed by atoms with Crippen molar-refractivity contribution in [3.8, 4) is 0 Å². The van der Waals surface area contributed by atoms with E-state index in [1.165, 1.54) is 0 Å². The Labute approximate surface area is 144 Å². The molecule has 0 aliphatic rings. The number of rotatable bonds is 7. The summed E-state index contributed by atoms with van der Waals surface area (Å²) in [6, 6.07) is 11.2. The van der Waals surface area contributed by atoms with Gasteiger partial charge in [-0.05, 0) is 30.6 Å². The van der Waals surface area contributed by atoms with Crippen LogP contribution in [0.5, 0.6) is 0 Å². The second-order valence-corrected chi connectivity index (χ2v) is 6.95. The predicted molar refractivity (Wildman–Crippen MR) is 100 cm³/mol. The van der Waals surface area contributed by atoms with Gasteiger partial charge >= 0.3 is 5.97 Å². The zero-order valence-corrected chi connectivity index (χ0v) is 15.1. The molecule has 0 fully saturated rings. The van der Waals surface area contributed by atoms with Gasteiger partial charge in [-0.2, -0.15) is 0 Å². The summed E-state index contributed by atoms with van der Waals surface area (Å²) in [4.78, 5) is 14.9. The van der Waals surface area contributed by atoms with Crippen molar-refractivity contribution in [2.24, 2.45) is 5.41 Å². The first-order valence-corrected chi connectivity index (χ1v) is 8.54. The molecule has 0 aliphatic heterocycles. The van der Waals surface area contributed by atoms with Crippen LogP contribution < -0.4 is 5.73 Å². The number of benzene rings is 2. The van der Waals surface area contributed by atoms with Gasteiger partial charge in [0.1, 0.15) is 0 Å². The van der Waals surface area contributed by atoms with Crippen molar-refractivity contribution in [3.63, 3.8) is 0 Å². The summed E-state index contributed by atoms with van der Waals surface area (Å²) in [7, 11) is 0. The van der Waals surface area contributed by atoms with Crippen LogP contribution in [0.2, 0.25) is 0 Å². The molecule has 0 unspecified atom stereocenters. The first-order valence-electron chi connectivity index (χ1n) is 8.54. The summed E-state index contributed by atoms with van der Waals surface area (Å²) in [6.07, 6.45) is 0. The standard InChI is InChI=1S/C20H28N2O2/c1-5-22(6-2)13-20(3,4)14-24-19(23)17-11-12-18(21)16-10-8-7-9-15(16)17/h7-12H,5-6,13-14,21H2,1-4H3. The van der Waals surface area contributed by atoms with Gasteiger partial charge in [-0.3, -0.25) is 0 Å². The summed E-state index contributed by atoms with van der Waals surface area (Å²) in [5, 5.41) is 1.72. The molecule has 0 bridgehead atoms. The first-order chi connectivity index (χ1) is 11.4. The molecule has 2 aromatic rings. The maximum Gasteiger partial charge on any atom is 0.338 e. The summed E-state index contributed by atoms with van der Waals surface area (Å²) in [6.45, 7) is 11.8. The molecular weight excluding hydrogens is 300 g/mol. The van der Waals surface area contributed by atoms with Crippen LogP contribution in [0.15, 0.2) is 36.4 Å².